The lowest BCUT2D eigenvalue weighted by atomic mass is 9.94. The van der Waals surface area contributed by atoms with E-state index in [0.29, 0.717) is 6.42 Å². The van der Waals surface area contributed by atoms with Gasteiger partial charge in [-0.1, -0.05) is 44.2 Å². The summed E-state index contributed by atoms with van der Waals surface area (Å²) < 4.78 is 0. The number of nitrogens with two attached hydrogens (primary N) is 1. The fourth-order valence-corrected chi connectivity index (χ4v) is 1.74. The second kappa shape index (κ2) is 7.13. The molecule has 1 amide bonds. The molecule has 2 unspecified atom stereocenters. The number of aliphatic hydroxyl groups excluding tert-OH is 1. The Morgan fingerprint density at radius 2 is 2.00 bits per heavy atom. The van der Waals surface area contributed by atoms with E-state index in [4.69, 9.17) is 10.8 Å². The van der Waals surface area contributed by atoms with Crippen LogP contribution in [0.1, 0.15) is 31.9 Å². The Kier molecular flexibility index (Phi) is 5.82. The number of hydrogen-bond donors (Lipinski definition) is 3. The highest BCUT2D eigenvalue weighted by atomic mass is 16.3. The minimum absolute atomic E-state index is 0.0461. The van der Waals surface area contributed by atoms with Crippen molar-refractivity contribution in [1.82, 2.24) is 5.32 Å². The summed E-state index contributed by atoms with van der Waals surface area (Å²) in [5, 5.41) is 11.9. The van der Waals surface area contributed by atoms with Crippen molar-refractivity contribution in [2.24, 2.45) is 11.7 Å². The van der Waals surface area contributed by atoms with E-state index in [9.17, 15) is 4.79 Å². The van der Waals surface area contributed by atoms with E-state index < -0.39 is 0 Å². The number of carbonyl (C=O) groups excluding carboxylic acids is 1. The number of nitrogens with one attached hydrogen (secondary N) is 1. The lowest BCUT2D eigenvalue weighted by molar-refractivity contribution is -0.126. The predicted molar refractivity (Wildman–Crippen MR) is 71.8 cm³/mol. The SMILES string of the molecule is CC[C@H](CO)NC(=O)C(C)C(N)c1ccccc1. The standard InChI is InChI=1S/C14H22N2O2/c1-3-12(9-17)16-14(18)10(2)13(15)11-7-5-4-6-8-11/h4-8,10,12-13,17H,3,9,15H2,1-2H3,(H,16,18)/t10?,12-,13?/m1/s1. The van der Waals surface area contributed by atoms with Gasteiger partial charge in [0.1, 0.15) is 0 Å². The molecule has 4 N–H and O–H groups in total. The van der Waals surface area contributed by atoms with Gasteiger partial charge in [-0.25, -0.2) is 0 Å². The Bertz CT molecular complexity index is 363. The summed E-state index contributed by atoms with van der Waals surface area (Å²) >= 11 is 0. The first kappa shape index (κ1) is 14.7. The summed E-state index contributed by atoms with van der Waals surface area (Å²) in [6, 6.07) is 9.03. The lowest BCUT2D eigenvalue weighted by Crippen LogP contribution is -2.42. The van der Waals surface area contributed by atoms with E-state index in [1.165, 1.54) is 0 Å². The van der Waals surface area contributed by atoms with Crippen molar-refractivity contribution < 1.29 is 9.90 Å². The van der Waals surface area contributed by atoms with Gasteiger partial charge in [0, 0.05) is 6.04 Å². The molecule has 4 heteroatoms. The van der Waals surface area contributed by atoms with Crippen LogP contribution in [0.4, 0.5) is 0 Å². The fraction of sp³-hybridized carbons (Fsp3) is 0.500. The van der Waals surface area contributed by atoms with Crippen molar-refractivity contribution in [3.05, 3.63) is 35.9 Å². The molecule has 0 bridgehead atoms. The van der Waals surface area contributed by atoms with Gasteiger partial charge in [0.25, 0.3) is 0 Å². The number of rotatable bonds is 6. The molecule has 1 rings (SSSR count). The van der Waals surface area contributed by atoms with Crippen LogP contribution in [0.25, 0.3) is 0 Å². The normalized spacial score (nSPS) is 15.8. The third-order valence-corrected chi connectivity index (χ3v) is 3.20. The van der Waals surface area contributed by atoms with Crippen LogP contribution in [0.15, 0.2) is 30.3 Å². The summed E-state index contributed by atoms with van der Waals surface area (Å²) in [7, 11) is 0. The Hall–Kier alpha value is -1.39. The smallest absolute Gasteiger partial charge is 0.225 e. The Morgan fingerprint density at radius 1 is 1.39 bits per heavy atom. The zero-order chi connectivity index (χ0) is 13.5. The molecule has 3 atom stereocenters. The van der Waals surface area contributed by atoms with Crippen LogP contribution in [-0.4, -0.2) is 23.7 Å². The molecule has 0 aromatic heterocycles. The maximum absolute atomic E-state index is 12.0. The summed E-state index contributed by atoms with van der Waals surface area (Å²) in [4.78, 5) is 12.0. The van der Waals surface area contributed by atoms with Gasteiger partial charge >= 0.3 is 0 Å². The van der Waals surface area contributed by atoms with Gasteiger partial charge < -0.3 is 16.2 Å². The van der Waals surface area contributed by atoms with Crippen molar-refractivity contribution in [2.75, 3.05) is 6.61 Å². The van der Waals surface area contributed by atoms with Crippen molar-refractivity contribution in [1.29, 1.82) is 0 Å². The van der Waals surface area contributed by atoms with Crippen LogP contribution >= 0.6 is 0 Å². The maximum Gasteiger partial charge on any atom is 0.225 e. The van der Waals surface area contributed by atoms with Crippen LogP contribution in [0.5, 0.6) is 0 Å². The molecule has 0 fully saturated rings. The number of benzene rings is 1. The maximum atomic E-state index is 12.0. The second-order valence-electron chi connectivity index (χ2n) is 4.52. The van der Waals surface area contributed by atoms with E-state index >= 15 is 0 Å². The number of hydrogen-bond acceptors (Lipinski definition) is 3. The van der Waals surface area contributed by atoms with E-state index in [0.717, 1.165) is 5.56 Å². The molecule has 0 saturated carbocycles. The third kappa shape index (κ3) is 3.82. The minimum atomic E-state index is -0.331. The second-order valence-corrected chi connectivity index (χ2v) is 4.52. The van der Waals surface area contributed by atoms with Gasteiger partial charge in [0.15, 0.2) is 0 Å². The van der Waals surface area contributed by atoms with Gasteiger partial charge in [-0.05, 0) is 12.0 Å². The molecular weight excluding hydrogens is 228 g/mol. The topological polar surface area (TPSA) is 75.3 Å². The fourth-order valence-electron chi connectivity index (χ4n) is 1.74. The zero-order valence-corrected chi connectivity index (χ0v) is 11.0. The molecule has 0 spiro atoms. The third-order valence-electron chi connectivity index (χ3n) is 3.20. The van der Waals surface area contributed by atoms with Crippen LogP contribution in [0.2, 0.25) is 0 Å². The molecule has 0 aliphatic heterocycles. The molecule has 1 aromatic carbocycles. The van der Waals surface area contributed by atoms with Crippen molar-refractivity contribution >= 4 is 5.91 Å². The van der Waals surface area contributed by atoms with Gasteiger partial charge in [-0.2, -0.15) is 0 Å². The van der Waals surface area contributed by atoms with Crippen molar-refractivity contribution in [2.45, 2.75) is 32.4 Å². The van der Waals surface area contributed by atoms with E-state index in [2.05, 4.69) is 5.32 Å². The van der Waals surface area contributed by atoms with Gasteiger partial charge in [0.05, 0.1) is 18.6 Å². The largest absolute Gasteiger partial charge is 0.394 e. The lowest BCUT2D eigenvalue weighted by Gasteiger charge is -2.22. The first-order valence-corrected chi connectivity index (χ1v) is 6.31. The number of aliphatic hydroxyl groups is 1. The molecule has 0 aliphatic rings. The highest BCUT2D eigenvalue weighted by Crippen LogP contribution is 2.19. The first-order valence-electron chi connectivity index (χ1n) is 6.31. The summed E-state index contributed by atoms with van der Waals surface area (Å²) in [5.41, 5.74) is 7.02. The Balaban J connectivity index is 2.63. The molecular formula is C14H22N2O2. The number of carbonyl (C=O) groups is 1. The Morgan fingerprint density at radius 3 is 2.50 bits per heavy atom. The first-order chi connectivity index (χ1) is 8.60. The summed E-state index contributed by atoms with van der Waals surface area (Å²) in [6.45, 7) is 3.68. The van der Waals surface area contributed by atoms with Gasteiger partial charge in [-0.3, -0.25) is 4.79 Å². The summed E-state index contributed by atoms with van der Waals surface area (Å²) in [6.07, 6.45) is 0.704. The summed E-state index contributed by atoms with van der Waals surface area (Å²) in [5.74, 6) is -0.444. The predicted octanol–water partition coefficient (Wildman–Crippen LogP) is 1.21. The van der Waals surface area contributed by atoms with Crippen LogP contribution in [-0.2, 0) is 4.79 Å². The van der Waals surface area contributed by atoms with Gasteiger partial charge in [-0.15, -0.1) is 0 Å². The number of amides is 1. The zero-order valence-electron chi connectivity index (χ0n) is 11.0. The van der Waals surface area contributed by atoms with E-state index in [1.807, 2.05) is 37.3 Å². The highest BCUT2D eigenvalue weighted by molar-refractivity contribution is 5.79. The van der Waals surface area contributed by atoms with Gasteiger partial charge in [0.2, 0.25) is 5.91 Å². The quantitative estimate of drug-likeness (QED) is 0.710. The molecule has 100 valence electrons. The molecule has 0 heterocycles. The van der Waals surface area contributed by atoms with Crippen molar-refractivity contribution in [3.8, 4) is 0 Å². The minimum Gasteiger partial charge on any atom is -0.394 e. The molecule has 0 radical (unpaired) electrons. The average Bonchev–Trinajstić information content (AvgIpc) is 2.43. The van der Waals surface area contributed by atoms with E-state index in [1.54, 1.807) is 6.92 Å². The van der Waals surface area contributed by atoms with Crippen LogP contribution in [0, 0.1) is 5.92 Å². The van der Waals surface area contributed by atoms with Crippen LogP contribution < -0.4 is 11.1 Å². The average molecular weight is 250 g/mol. The highest BCUT2D eigenvalue weighted by Gasteiger charge is 2.23. The Labute approximate surface area is 108 Å². The monoisotopic (exact) mass is 250 g/mol. The molecule has 18 heavy (non-hydrogen) atoms. The van der Waals surface area contributed by atoms with E-state index in [-0.39, 0.29) is 30.5 Å². The van der Waals surface area contributed by atoms with Crippen molar-refractivity contribution in [3.63, 3.8) is 0 Å². The molecule has 4 nitrogen and oxygen atoms in total. The molecule has 0 saturated heterocycles. The molecule has 0 aliphatic carbocycles. The van der Waals surface area contributed by atoms with Crippen LogP contribution in [0.3, 0.4) is 0 Å². The molecule has 1 aromatic rings.